The largest absolute Gasteiger partial charge is 0.511 e. The second kappa shape index (κ2) is 24.5. The van der Waals surface area contributed by atoms with E-state index in [9.17, 15) is 39.6 Å². The summed E-state index contributed by atoms with van der Waals surface area (Å²) in [5.41, 5.74) is 0.151. The molecule has 4 N–H and O–H groups in total. The number of Topliss-reactive ketones (excluding diaryl/α,β-unsaturated/α-hetero) is 4. The highest BCUT2D eigenvalue weighted by atomic mass is 35.5. The van der Waals surface area contributed by atoms with Gasteiger partial charge in [-0.15, -0.1) is 0 Å². The van der Waals surface area contributed by atoms with E-state index in [0.717, 1.165) is 49.7 Å². The van der Waals surface area contributed by atoms with Crippen LogP contribution in [0.2, 0.25) is 10.0 Å². The Morgan fingerprint density at radius 1 is 0.475 bits per heavy atom. The van der Waals surface area contributed by atoms with Crippen molar-refractivity contribution in [2.45, 2.75) is 164 Å². The molecule has 0 atom stereocenters. The lowest BCUT2D eigenvalue weighted by molar-refractivity contribution is -0.130. The van der Waals surface area contributed by atoms with Crippen LogP contribution in [0.25, 0.3) is 0 Å². The lowest BCUT2D eigenvalue weighted by atomic mass is 9.65. The summed E-state index contributed by atoms with van der Waals surface area (Å²) in [6.45, 7) is 12.0. The van der Waals surface area contributed by atoms with Crippen LogP contribution in [0.3, 0.4) is 0 Å². The molecule has 8 nitrogen and oxygen atoms in total. The van der Waals surface area contributed by atoms with E-state index in [0.29, 0.717) is 91.8 Å². The fourth-order valence-corrected chi connectivity index (χ4v) is 8.92. The summed E-state index contributed by atoms with van der Waals surface area (Å²) in [6.07, 6.45) is 11.0. The van der Waals surface area contributed by atoms with Gasteiger partial charge in [0.1, 0.15) is 34.2 Å². The van der Waals surface area contributed by atoms with Crippen molar-refractivity contribution in [1.82, 2.24) is 0 Å². The molecule has 334 valence electrons. The molecule has 4 rings (SSSR count). The minimum atomic E-state index is -1.11. The third-order valence-corrected chi connectivity index (χ3v) is 12.6. The number of unbranched alkanes of at least 4 members (excludes halogenated alkanes) is 3. The number of carbonyl (C=O) groups excluding carboxylic acids is 4. The fourth-order valence-electron chi connectivity index (χ4n) is 8.66. The Labute approximate surface area is 373 Å². The average molecular weight is 880 g/mol. The molecular formula is C51H68Cl2O8. The van der Waals surface area contributed by atoms with Gasteiger partial charge in [-0.25, -0.2) is 0 Å². The van der Waals surface area contributed by atoms with Crippen LogP contribution in [0.15, 0.2) is 93.9 Å². The summed E-state index contributed by atoms with van der Waals surface area (Å²) in [6, 6.07) is 14.5. The Kier molecular flexibility index (Phi) is 20.6. The van der Waals surface area contributed by atoms with Crippen LogP contribution in [0.5, 0.6) is 0 Å². The summed E-state index contributed by atoms with van der Waals surface area (Å²) in [5.74, 6) is -2.28. The monoisotopic (exact) mass is 878 g/mol. The number of aliphatic hydroxyl groups is 4. The average Bonchev–Trinajstić information content (AvgIpc) is 3.24. The Hall–Kier alpha value is -4.14. The third-order valence-electron chi connectivity index (χ3n) is 12.1. The zero-order chi connectivity index (χ0) is 45.3. The highest BCUT2D eigenvalue weighted by Gasteiger charge is 2.51. The summed E-state index contributed by atoms with van der Waals surface area (Å²) in [7, 11) is 0. The van der Waals surface area contributed by atoms with Gasteiger partial charge in [0.2, 0.25) is 0 Å². The highest BCUT2D eigenvalue weighted by Crippen LogP contribution is 2.49. The Balaban J connectivity index is 0.000000327. The van der Waals surface area contributed by atoms with Gasteiger partial charge in [0, 0.05) is 34.0 Å². The summed E-state index contributed by atoms with van der Waals surface area (Å²) in [4.78, 5) is 53.5. The molecule has 0 radical (unpaired) electrons. The number of aryl methyl sites for hydroxylation is 2. The summed E-state index contributed by atoms with van der Waals surface area (Å²) < 4.78 is 0. The van der Waals surface area contributed by atoms with E-state index in [2.05, 4.69) is 0 Å². The number of rotatable bonds is 23. The lowest BCUT2D eigenvalue weighted by Gasteiger charge is -2.37. The van der Waals surface area contributed by atoms with E-state index >= 15 is 0 Å². The third kappa shape index (κ3) is 12.3. The Morgan fingerprint density at radius 3 is 1.18 bits per heavy atom. The van der Waals surface area contributed by atoms with E-state index in [4.69, 9.17) is 23.2 Å². The molecule has 2 aromatic carbocycles. The highest BCUT2D eigenvalue weighted by molar-refractivity contribution is 6.31. The molecule has 0 spiro atoms. The number of carbonyl (C=O) groups is 4. The van der Waals surface area contributed by atoms with E-state index in [1.165, 1.54) is 0 Å². The molecular weight excluding hydrogens is 811 g/mol. The van der Waals surface area contributed by atoms with Gasteiger partial charge in [-0.3, -0.25) is 19.2 Å². The van der Waals surface area contributed by atoms with Gasteiger partial charge in [0.25, 0.3) is 0 Å². The van der Waals surface area contributed by atoms with Crippen LogP contribution in [0.4, 0.5) is 0 Å². The van der Waals surface area contributed by atoms with Crippen molar-refractivity contribution in [3.63, 3.8) is 0 Å². The van der Waals surface area contributed by atoms with Crippen molar-refractivity contribution >= 4 is 46.3 Å². The van der Waals surface area contributed by atoms with Gasteiger partial charge < -0.3 is 20.4 Å². The molecule has 0 fully saturated rings. The quantitative estimate of drug-likeness (QED) is 0.0806. The number of allylic oxidation sites excluding steroid dienone is 6. The number of ketones is 4. The van der Waals surface area contributed by atoms with Crippen molar-refractivity contribution in [3.05, 3.63) is 115 Å². The molecule has 2 aliphatic carbocycles. The van der Waals surface area contributed by atoms with E-state index in [-0.39, 0.29) is 58.6 Å². The first kappa shape index (κ1) is 51.2. The molecule has 61 heavy (non-hydrogen) atoms. The molecule has 0 aromatic heterocycles. The van der Waals surface area contributed by atoms with Gasteiger partial charge in [0.05, 0.1) is 10.8 Å². The molecule has 0 saturated heterocycles. The smallest absolute Gasteiger partial charge is 0.183 e. The fraction of sp³-hybridized carbons (Fsp3) is 0.529. The first-order valence-corrected chi connectivity index (χ1v) is 23.3. The first-order valence-electron chi connectivity index (χ1n) is 22.5. The number of halogens is 2. The molecule has 2 aliphatic rings. The topological polar surface area (TPSA) is 149 Å². The normalized spacial score (nSPS) is 16.3. The SMILES string of the molecule is CCCC1=C(O)C(CCC)(CCC)C(=O)C(C(=O)CCc2ccc(Cl)cc2)=C1O.CCCCC1=C(O)C(CCCC)(CCCC)C(=O)C(C(=O)CCc2ccc(Cl)cc2)=C1O. The minimum Gasteiger partial charge on any atom is -0.511 e. The van der Waals surface area contributed by atoms with Gasteiger partial charge >= 0.3 is 0 Å². The maximum absolute atomic E-state index is 13.7. The maximum atomic E-state index is 13.7. The van der Waals surface area contributed by atoms with E-state index in [1.807, 2.05) is 65.8 Å². The van der Waals surface area contributed by atoms with Crippen LogP contribution in [-0.4, -0.2) is 43.6 Å². The molecule has 0 bridgehead atoms. The van der Waals surface area contributed by atoms with Crippen molar-refractivity contribution in [2.75, 3.05) is 0 Å². The van der Waals surface area contributed by atoms with Crippen molar-refractivity contribution < 1.29 is 39.6 Å². The number of hydrogen-bond donors (Lipinski definition) is 4. The van der Waals surface area contributed by atoms with Gasteiger partial charge in [-0.05, 0) is 93.2 Å². The number of aliphatic hydroxyl groups excluding tert-OH is 4. The Morgan fingerprint density at radius 2 is 0.836 bits per heavy atom. The standard InChI is InChI=1S/C27H37ClO4.C24H31ClO4/c1-4-7-10-21-24(30)23(22(29)16-13-19-11-14-20(28)15-12-19)26(32)27(25(21)31,17-8-5-2)18-9-6-3;1-4-7-18-21(27)20(19(26)13-10-16-8-11-17(25)12-9-16)23(29)24(14-5-2,15-6-3)22(18)28/h11-12,14-15,30-31H,4-10,13,16-18H2,1-3H3;8-9,11-12,27-28H,4-7,10,13-15H2,1-3H3. The molecule has 0 amide bonds. The van der Waals surface area contributed by atoms with Gasteiger partial charge in [-0.2, -0.15) is 0 Å². The summed E-state index contributed by atoms with van der Waals surface area (Å²) >= 11 is 11.8. The van der Waals surface area contributed by atoms with Crippen LogP contribution in [0, 0.1) is 10.8 Å². The first-order chi connectivity index (χ1) is 29.1. The second-order valence-electron chi connectivity index (χ2n) is 16.6. The summed E-state index contributed by atoms with van der Waals surface area (Å²) in [5, 5.41) is 45.3. The molecule has 0 saturated carbocycles. The molecule has 0 aliphatic heterocycles. The zero-order valence-corrected chi connectivity index (χ0v) is 38.7. The molecule has 0 heterocycles. The predicted octanol–water partition coefficient (Wildman–Crippen LogP) is 14.0. The van der Waals surface area contributed by atoms with Crippen LogP contribution in [-0.2, 0) is 32.0 Å². The van der Waals surface area contributed by atoms with Gasteiger partial charge in [0.15, 0.2) is 23.1 Å². The molecule has 10 heteroatoms. The van der Waals surface area contributed by atoms with Crippen molar-refractivity contribution in [3.8, 4) is 0 Å². The van der Waals surface area contributed by atoms with E-state index < -0.39 is 22.4 Å². The van der Waals surface area contributed by atoms with Crippen molar-refractivity contribution in [1.29, 1.82) is 0 Å². The van der Waals surface area contributed by atoms with Gasteiger partial charge in [-0.1, -0.05) is 140 Å². The zero-order valence-electron chi connectivity index (χ0n) is 37.2. The van der Waals surface area contributed by atoms with Crippen LogP contribution >= 0.6 is 23.2 Å². The minimum absolute atomic E-state index is 0.00963. The molecule has 2 aromatic rings. The van der Waals surface area contributed by atoms with E-state index in [1.54, 1.807) is 24.3 Å². The molecule has 0 unspecified atom stereocenters. The lowest BCUT2D eigenvalue weighted by Crippen LogP contribution is -2.41. The maximum Gasteiger partial charge on any atom is 0.183 e. The number of hydrogen-bond acceptors (Lipinski definition) is 8. The Bertz CT molecular complexity index is 1950. The van der Waals surface area contributed by atoms with Crippen LogP contribution < -0.4 is 0 Å². The van der Waals surface area contributed by atoms with Crippen molar-refractivity contribution in [2.24, 2.45) is 10.8 Å². The second-order valence-corrected chi connectivity index (χ2v) is 17.5. The van der Waals surface area contributed by atoms with Crippen LogP contribution in [0.1, 0.15) is 162 Å². The number of benzene rings is 2. The predicted molar refractivity (Wildman–Crippen MR) is 246 cm³/mol.